The molecule has 142 valence electrons. The minimum atomic E-state index is -0.621. The Morgan fingerprint density at radius 1 is 1.08 bits per heavy atom. The maximum absolute atomic E-state index is 12.6. The second-order valence-corrected chi connectivity index (χ2v) is 7.49. The van der Waals surface area contributed by atoms with E-state index in [-0.39, 0.29) is 5.91 Å². The fourth-order valence-corrected chi connectivity index (χ4v) is 3.60. The van der Waals surface area contributed by atoms with Crippen LogP contribution in [0, 0.1) is 0 Å². The number of hydrogen-bond donors (Lipinski definition) is 2. The van der Waals surface area contributed by atoms with Crippen LogP contribution in [0.3, 0.4) is 0 Å². The molecule has 0 aliphatic carbocycles. The standard InChI is InChI=1S/C21H37N3O/c1-6-14-23-15-12-21(20(22)25,19-10-8-7-9-11-19)13-16-24(17(2)3)18(4)5/h7-11,17-18,23H,6,12-16H2,1-5H3,(H2,22,25). The Morgan fingerprint density at radius 2 is 1.68 bits per heavy atom. The van der Waals surface area contributed by atoms with Gasteiger partial charge in [-0.1, -0.05) is 37.3 Å². The molecule has 4 heteroatoms. The summed E-state index contributed by atoms with van der Waals surface area (Å²) in [6.45, 7) is 13.6. The Hall–Kier alpha value is -1.39. The molecule has 0 saturated heterocycles. The van der Waals surface area contributed by atoms with Crippen LogP contribution in [0.2, 0.25) is 0 Å². The number of carbonyl (C=O) groups is 1. The fourth-order valence-electron chi connectivity index (χ4n) is 3.60. The van der Waals surface area contributed by atoms with Crippen molar-refractivity contribution in [2.75, 3.05) is 19.6 Å². The van der Waals surface area contributed by atoms with Gasteiger partial charge in [-0.05, 0) is 65.6 Å². The summed E-state index contributed by atoms with van der Waals surface area (Å²) in [4.78, 5) is 15.0. The van der Waals surface area contributed by atoms with Gasteiger partial charge in [-0.15, -0.1) is 0 Å². The van der Waals surface area contributed by atoms with E-state index >= 15 is 0 Å². The summed E-state index contributed by atoms with van der Waals surface area (Å²) in [7, 11) is 0. The molecular weight excluding hydrogens is 310 g/mol. The van der Waals surface area contributed by atoms with Crippen LogP contribution in [0.25, 0.3) is 0 Å². The second kappa shape index (κ2) is 10.6. The molecule has 0 spiro atoms. The Kier molecular flexibility index (Phi) is 9.15. The zero-order valence-electron chi connectivity index (χ0n) is 16.7. The van der Waals surface area contributed by atoms with Gasteiger partial charge in [0, 0.05) is 18.6 Å². The van der Waals surface area contributed by atoms with E-state index in [4.69, 9.17) is 5.73 Å². The first-order chi connectivity index (χ1) is 11.8. The number of nitrogens with two attached hydrogens (primary N) is 1. The number of primary amides is 1. The fraction of sp³-hybridized carbons (Fsp3) is 0.667. The molecule has 0 aromatic heterocycles. The molecule has 1 rings (SSSR count). The largest absolute Gasteiger partial charge is 0.369 e. The molecule has 1 aromatic carbocycles. The maximum atomic E-state index is 12.6. The quantitative estimate of drug-likeness (QED) is 0.570. The monoisotopic (exact) mass is 347 g/mol. The third-order valence-electron chi connectivity index (χ3n) is 5.08. The molecule has 1 unspecified atom stereocenters. The number of amides is 1. The highest BCUT2D eigenvalue weighted by Gasteiger charge is 2.38. The first kappa shape index (κ1) is 21.7. The Balaban J connectivity index is 3.05. The highest BCUT2D eigenvalue weighted by atomic mass is 16.1. The van der Waals surface area contributed by atoms with Crippen LogP contribution in [0.1, 0.15) is 59.4 Å². The van der Waals surface area contributed by atoms with Crippen LogP contribution in [0.15, 0.2) is 30.3 Å². The van der Waals surface area contributed by atoms with E-state index in [0.717, 1.165) is 44.5 Å². The number of benzene rings is 1. The first-order valence-corrected chi connectivity index (χ1v) is 9.67. The predicted octanol–water partition coefficient (Wildman–Crippen LogP) is 3.31. The lowest BCUT2D eigenvalue weighted by molar-refractivity contribution is -0.124. The number of hydrogen-bond acceptors (Lipinski definition) is 3. The lowest BCUT2D eigenvalue weighted by Crippen LogP contribution is -2.47. The van der Waals surface area contributed by atoms with E-state index in [1.54, 1.807) is 0 Å². The van der Waals surface area contributed by atoms with Crippen molar-refractivity contribution in [1.82, 2.24) is 10.2 Å². The van der Waals surface area contributed by atoms with Gasteiger partial charge in [0.15, 0.2) is 0 Å². The molecule has 25 heavy (non-hydrogen) atoms. The zero-order chi connectivity index (χ0) is 18.9. The van der Waals surface area contributed by atoms with Gasteiger partial charge in [-0.2, -0.15) is 0 Å². The van der Waals surface area contributed by atoms with Gasteiger partial charge in [-0.25, -0.2) is 0 Å². The van der Waals surface area contributed by atoms with Crippen LogP contribution in [0.4, 0.5) is 0 Å². The molecule has 0 aliphatic heterocycles. The number of rotatable bonds is 12. The van der Waals surface area contributed by atoms with Crippen molar-refractivity contribution in [2.24, 2.45) is 5.73 Å². The van der Waals surface area contributed by atoms with E-state index in [1.807, 2.05) is 30.3 Å². The van der Waals surface area contributed by atoms with Crippen molar-refractivity contribution in [3.05, 3.63) is 35.9 Å². The number of nitrogens with one attached hydrogen (secondary N) is 1. The highest BCUT2D eigenvalue weighted by Crippen LogP contribution is 2.32. The third-order valence-corrected chi connectivity index (χ3v) is 5.08. The molecule has 0 saturated carbocycles. The first-order valence-electron chi connectivity index (χ1n) is 9.67. The third kappa shape index (κ3) is 6.12. The van der Waals surface area contributed by atoms with Gasteiger partial charge in [-0.3, -0.25) is 9.69 Å². The van der Waals surface area contributed by atoms with Crippen LogP contribution >= 0.6 is 0 Å². The van der Waals surface area contributed by atoms with Gasteiger partial charge >= 0.3 is 0 Å². The molecular formula is C21H37N3O. The minimum Gasteiger partial charge on any atom is -0.369 e. The lowest BCUT2D eigenvalue weighted by Gasteiger charge is -2.37. The van der Waals surface area contributed by atoms with Gasteiger partial charge in [0.25, 0.3) is 0 Å². The molecule has 1 amide bonds. The lowest BCUT2D eigenvalue weighted by atomic mass is 9.74. The molecule has 1 atom stereocenters. The smallest absolute Gasteiger partial charge is 0.228 e. The average Bonchev–Trinajstić information content (AvgIpc) is 2.57. The molecule has 0 aliphatic rings. The van der Waals surface area contributed by atoms with Crippen molar-refractivity contribution in [3.8, 4) is 0 Å². The summed E-state index contributed by atoms with van der Waals surface area (Å²) in [5.41, 5.74) is 6.39. The van der Waals surface area contributed by atoms with Crippen molar-refractivity contribution < 1.29 is 4.79 Å². The van der Waals surface area contributed by atoms with Crippen LogP contribution in [-0.4, -0.2) is 42.5 Å². The highest BCUT2D eigenvalue weighted by molar-refractivity contribution is 5.86. The van der Waals surface area contributed by atoms with Crippen LogP contribution in [0.5, 0.6) is 0 Å². The topological polar surface area (TPSA) is 58.4 Å². The SMILES string of the molecule is CCCNCCC(CCN(C(C)C)C(C)C)(C(N)=O)c1ccccc1. The Bertz CT molecular complexity index is 493. The summed E-state index contributed by atoms with van der Waals surface area (Å²) < 4.78 is 0. The van der Waals surface area contributed by atoms with E-state index in [2.05, 4.69) is 44.8 Å². The van der Waals surface area contributed by atoms with E-state index < -0.39 is 5.41 Å². The summed E-state index contributed by atoms with van der Waals surface area (Å²) >= 11 is 0. The molecule has 0 radical (unpaired) electrons. The molecule has 1 aromatic rings. The van der Waals surface area contributed by atoms with Crippen molar-refractivity contribution >= 4 is 5.91 Å². The summed E-state index contributed by atoms with van der Waals surface area (Å²) in [5.74, 6) is -0.218. The molecule has 3 N–H and O–H groups in total. The van der Waals surface area contributed by atoms with Crippen LogP contribution < -0.4 is 11.1 Å². The number of carbonyl (C=O) groups excluding carboxylic acids is 1. The van der Waals surface area contributed by atoms with Crippen molar-refractivity contribution in [3.63, 3.8) is 0 Å². The van der Waals surface area contributed by atoms with Crippen LogP contribution in [-0.2, 0) is 10.2 Å². The molecule has 0 heterocycles. The van der Waals surface area contributed by atoms with E-state index in [9.17, 15) is 4.79 Å². The minimum absolute atomic E-state index is 0.218. The van der Waals surface area contributed by atoms with Gasteiger partial charge < -0.3 is 11.1 Å². The van der Waals surface area contributed by atoms with E-state index in [1.165, 1.54) is 0 Å². The predicted molar refractivity (Wildman–Crippen MR) is 107 cm³/mol. The summed E-state index contributed by atoms with van der Waals surface area (Å²) in [6.07, 6.45) is 2.57. The molecule has 0 bridgehead atoms. The maximum Gasteiger partial charge on any atom is 0.228 e. The molecule has 0 fully saturated rings. The second-order valence-electron chi connectivity index (χ2n) is 7.49. The Morgan fingerprint density at radius 3 is 2.16 bits per heavy atom. The zero-order valence-corrected chi connectivity index (χ0v) is 16.7. The van der Waals surface area contributed by atoms with Gasteiger partial charge in [0.2, 0.25) is 5.91 Å². The normalized spacial score (nSPS) is 14.2. The van der Waals surface area contributed by atoms with E-state index in [0.29, 0.717) is 12.1 Å². The molecule has 4 nitrogen and oxygen atoms in total. The van der Waals surface area contributed by atoms with Gasteiger partial charge in [0.1, 0.15) is 0 Å². The average molecular weight is 348 g/mol. The van der Waals surface area contributed by atoms with Crippen molar-refractivity contribution in [2.45, 2.75) is 71.4 Å². The van der Waals surface area contributed by atoms with Gasteiger partial charge in [0.05, 0.1) is 5.41 Å². The number of nitrogens with zero attached hydrogens (tertiary/aromatic N) is 1. The summed E-state index contributed by atoms with van der Waals surface area (Å²) in [6, 6.07) is 10.9. The Labute approximate surface area is 154 Å². The van der Waals surface area contributed by atoms with Crippen molar-refractivity contribution in [1.29, 1.82) is 0 Å². The summed E-state index contributed by atoms with van der Waals surface area (Å²) in [5, 5.41) is 3.43.